The summed E-state index contributed by atoms with van der Waals surface area (Å²) in [6.07, 6.45) is -0.0422. The minimum Gasteiger partial charge on any atom is -0.315 e. The van der Waals surface area contributed by atoms with Gasteiger partial charge in [-0.2, -0.15) is 0 Å². The lowest BCUT2D eigenvalue weighted by atomic mass is 10.4. The summed E-state index contributed by atoms with van der Waals surface area (Å²) in [5, 5.41) is 2.88. The van der Waals surface area contributed by atoms with Crippen LogP contribution in [0.25, 0.3) is 0 Å². The van der Waals surface area contributed by atoms with Gasteiger partial charge in [0.05, 0.1) is 6.17 Å². The van der Waals surface area contributed by atoms with Crippen molar-refractivity contribution in [3.8, 4) is 0 Å². The summed E-state index contributed by atoms with van der Waals surface area (Å²) in [6.45, 7) is 1.03. The fourth-order valence-corrected chi connectivity index (χ4v) is 0.543. The molecule has 0 atom stereocenters. The van der Waals surface area contributed by atoms with Crippen LogP contribution in [0.5, 0.6) is 0 Å². The van der Waals surface area contributed by atoms with Crippen LogP contribution in [0.2, 0.25) is 0 Å². The van der Waals surface area contributed by atoms with E-state index in [9.17, 15) is 4.79 Å². The van der Waals surface area contributed by atoms with E-state index in [1.807, 2.05) is 5.43 Å². The number of amides is 1. The molecule has 0 spiro atoms. The third-order valence-electron chi connectivity index (χ3n) is 1.07. The third kappa shape index (κ3) is 7.20. The van der Waals surface area contributed by atoms with Gasteiger partial charge in [-0.1, -0.05) is 0 Å². The number of nitrogens with one attached hydrogen (secondary N) is 2. The average molecular weight is 161 g/mol. The topological polar surface area (TPSA) is 119 Å². The lowest BCUT2D eigenvalue weighted by Gasteiger charge is -2.06. The maximum atomic E-state index is 10.5. The monoisotopic (exact) mass is 161 g/mol. The number of hydrogen-bond donors (Lipinski definition) is 5. The Morgan fingerprint density at radius 2 is 2.09 bits per heavy atom. The Morgan fingerprint density at radius 3 is 2.55 bits per heavy atom. The van der Waals surface area contributed by atoms with Crippen molar-refractivity contribution in [3.63, 3.8) is 0 Å². The van der Waals surface area contributed by atoms with Gasteiger partial charge in [0.2, 0.25) is 5.91 Å². The molecule has 0 aliphatic heterocycles. The highest BCUT2D eigenvalue weighted by Crippen LogP contribution is 1.73. The van der Waals surface area contributed by atoms with E-state index >= 15 is 0 Å². The SMILES string of the molecule is NNC(=O)CCNCC(N)N. The molecule has 0 aliphatic rings. The van der Waals surface area contributed by atoms with E-state index in [1.165, 1.54) is 0 Å². The number of nitrogens with two attached hydrogens (primary N) is 3. The lowest BCUT2D eigenvalue weighted by Crippen LogP contribution is -2.42. The standard InChI is InChI=1S/C5H15N5O/c6-4(7)3-9-2-1-5(11)10-8/h4,9H,1-3,6-8H2,(H,10,11). The van der Waals surface area contributed by atoms with Crippen LogP contribution in [0.15, 0.2) is 0 Å². The van der Waals surface area contributed by atoms with Crippen LogP contribution in [0.1, 0.15) is 6.42 Å². The zero-order chi connectivity index (χ0) is 8.69. The minimum atomic E-state index is -0.379. The van der Waals surface area contributed by atoms with Crippen LogP contribution in [-0.4, -0.2) is 25.2 Å². The van der Waals surface area contributed by atoms with Crippen LogP contribution in [0.3, 0.4) is 0 Å². The fourth-order valence-electron chi connectivity index (χ4n) is 0.543. The molecule has 8 N–H and O–H groups in total. The molecule has 0 saturated heterocycles. The number of carbonyl (C=O) groups excluding carboxylic acids is 1. The molecule has 0 aromatic carbocycles. The van der Waals surface area contributed by atoms with Gasteiger partial charge in [-0.15, -0.1) is 0 Å². The zero-order valence-electron chi connectivity index (χ0n) is 6.34. The smallest absolute Gasteiger partial charge is 0.235 e. The van der Waals surface area contributed by atoms with E-state index in [1.54, 1.807) is 0 Å². The zero-order valence-corrected chi connectivity index (χ0v) is 6.34. The second kappa shape index (κ2) is 6.05. The van der Waals surface area contributed by atoms with Crippen molar-refractivity contribution in [2.45, 2.75) is 12.6 Å². The largest absolute Gasteiger partial charge is 0.315 e. The van der Waals surface area contributed by atoms with Crippen molar-refractivity contribution in [3.05, 3.63) is 0 Å². The summed E-state index contributed by atoms with van der Waals surface area (Å²) in [5.41, 5.74) is 12.5. The molecule has 1 amide bonds. The van der Waals surface area contributed by atoms with E-state index in [-0.39, 0.29) is 12.1 Å². The van der Waals surface area contributed by atoms with Crippen LogP contribution in [0.4, 0.5) is 0 Å². The lowest BCUT2D eigenvalue weighted by molar-refractivity contribution is -0.121. The van der Waals surface area contributed by atoms with E-state index < -0.39 is 0 Å². The maximum absolute atomic E-state index is 10.5. The van der Waals surface area contributed by atoms with Crippen molar-refractivity contribution in [1.82, 2.24) is 10.7 Å². The van der Waals surface area contributed by atoms with E-state index in [2.05, 4.69) is 5.32 Å². The minimum absolute atomic E-state index is 0.205. The molecular formula is C5H15N5O. The van der Waals surface area contributed by atoms with Gasteiger partial charge in [-0.3, -0.25) is 10.2 Å². The van der Waals surface area contributed by atoms with Gasteiger partial charge in [-0.25, -0.2) is 5.84 Å². The molecule has 0 unspecified atom stereocenters. The first-order valence-corrected chi connectivity index (χ1v) is 3.38. The molecule has 11 heavy (non-hydrogen) atoms. The highest BCUT2D eigenvalue weighted by Gasteiger charge is 1.97. The van der Waals surface area contributed by atoms with Gasteiger partial charge in [0.25, 0.3) is 0 Å². The molecule has 6 heteroatoms. The van der Waals surface area contributed by atoms with Gasteiger partial charge in [0.1, 0.15) is 0 Å². The molecule has 0 aromatic heterocycles. The molecule has 0 bridgehead atoms. The summed E-state index contributed by atoms with van der Waals surface area (Å²) >= 11 is 0. The fraction of sp³-hybridized carbons (Fsp3) is 0.800. The Kier molecular flexibility index (Phi) is 5.67. The maximum Gasteiger partial charge on any atom is 0.235 e. The Morgan fingerprint density at radius 1 is 1.45 bits per heavy atom. The summed E-state index contributed by atoms with van der Waals surface area (Å²) in [4.78, 5) is 10.5. The Balaban J connectivity index is 3.08. The van der Waals surface area contributed by atoms with Crippen LogP contribution in [-0.2, 0) is 4.79 Å². The molecule has 66 valence electrons. The summed E-state index contributed by atoms with van der Waals surface area (Å²) < 4.78 is 0. The van der Waals surface area contributed by atoms with E-state index in [0.717, 1.165) is 0 Å². The van der Waals surface area contributed by atoms with Gasteiger partial charge >= 0.3 is 0 Å². The first-order chi connectivity index (χ1) is 5.16. The molecule has 0 saturated carbocycles. The molecule has 0 aromatic rings. The highest BCUT2D eigenvalue weighted by atomic mass is 16.2. The molecule has 0 rings (SSSR count). The van der Waals surface area contributed by atoms with Crippen molar-refractivity contribution in [2.75, 3.05) is 13.1 Å². The normalized spacial score (nSPS) is 10.2. The summed E-state index contributed by atoms with van der Waals surface area (Å²) in [5.74, 6) is 4.63. The van der Waals surface area contributed by atoms with Crippen molar-refractivity contribution >= 4 is 5.91 Å². The van der Waals surface area contributed by atoms with Crippen LogP contribution >= 0.6 is 0 Å². The van der Waals surface area contributed by atoms with Crippen molar-refractivity contribution in [1.29, 1.82) is 0 Å². The molecule has 0 heterocycles. The predicted molar refractivity (Wildman–Crippen MR) is 42.0 cm³/mol. The van der Waals surface area contributed by atoms with Crippen molar-refractivity contribution < 1.29 is 4.79 Å². The average Bonchev–Trinajstić information content (AvgIpc) is 1.97. The first kappa shape index (κ1) is 10.3. The van der Waals surface area contributed by atoms with Gasteiger partial charge < -0.3 is 16.8 Å². The second-order valence-electron chi connectivity index (χ2n) is 2.19. The summed E-state index contributed by atoms with van der Waals surface area (Å²) in [6, 6.07) is 0. The quantitative estimate of drug-likeness (QED) is 0.0980. The van der Waals surface area contributed by atoms with E-state index in [0.29, 0.717) is 19.5 Å². The van der Waals surface area contributed by atoms with E-state index in [4.69, 9.17) is 17.3 Å². The molecule has 0 radical (unpaired) electrons. The van der Waals surface area contributed by atoms with Crippen LogP contribution < -0.4 is 28.1 Å². The van der Waals surface area contributed by atoms with Gasteiger partial charge in [-0.05, 0) is 0 Å². The molecule has 0 aliphatic carbocycles. The first-order valence-electron chi connectivity index (χ1n) is 3.38. The summed E-state index contributed by atoms with van der Waals surface area (Å²) in [7, 11) is 0. The number of rotatable bonds is 5. The van der Waals surface area contributed by atoms with Gasteiger partial charge in [0.15, 0.2) is 0 Å². The Hall–Kier alpha value is -0.690. The Labute approximate surface area is 65.5 Å². The highest BCUT2D eigenvalue weighted by molar-refractivity contribution is 5.75. The second-order valence-corrected chi connectivity index (χ2v) is 2.19. The predicted octanol–water partition coefficient (Wildman–Crippen LogP) is -2.80. The Bertz CT molecular complexity index is 115. The molecular weight excluding hydrogens is 146 g/mol. The van der Waals surface area contributed by atoms with Gasteiger partial charge in [0, 0.05) is 19.5 Å². The number of hydrogen-bond acceptors (Lipinski definition) is 5. The number of carbonyl (C=O) groups is 1. The van der Waals surface area contributed by atoms with Crippen molar-refractivity contribution in [2.24, 2.45) is 17.3 Å². The number of hydrazine groups is 1. The van der Waals surface area contributed by atoms with Crippen LogP contribution in [0, 0.1) is 0 Å². The molecule has 6 nitrogen and oxygen atoms in total. The third-order valence-corrected chi connectivity index (χ3v) is 1.07. The molecule has 0 fully saturated rings.